The molecule has 0 unspecified atom stereocenters. The maximum Gasteiger partial charge on any atom is 0.213 e. The molecule has 0 aromatic heterocycles. The van der Waals surface area contributed by atoms with Crippen molar-refractivity contribution in [3.63, 3.8) is 0 Å². The molecule has 6 heteroatoms. The summed E-state index contributed by atoms with van der Waals surface area (Å²) in [7, 11) is -3.67. The zero-order chi connectivity index (χ0) is 10.1. The van der Waals surface area contributed by atoms with Crippen LogP contribution in [0.25, 0.3) is 0 Å². The van der Waals surface area contributed by atoms with Crippen LogP contribution in [0, 0.1) is 5.82 Å². The van der Waals surface area contributed by atoms with Gasteiger partial charge in [-0.05, 0) is 12.1 Å². The number of halogens is 2. The lowest BCUT2D eigenvalue weighted by atomic mass is 10.2. The summed E-state index contributed by atoms with van der Waals surface area (Å²) in [6.45, 7) is 0. The largest absolute Gasteiger partial charge is 0.228 e. The second-order valence-electron chi connectivity index (χ2n) is 2.54. The number of hydrogen-bond donors (Lipinski definition) is 1. The smallest absolute Gasteiger partial charge is 0.213 e. The molecule has 0 aliphatic rings. The number of sulfonamides is 1. The van der Waals surface area contributed by atoms with Crippen LogP contribution in [0.1, 0.15) is 5.56 Å². The molecule has 0 radical (unpaired) electrons. The topological polar surface area (TPSA) is 60.2 Å². The molecule has 0 saturated heterocycles. The first kappa shape index (κ1) is 10.6. The first-order valence-electron chi connectivity index (χ1n) is 3.33. The van der Waals surface area contributed by atoms with E-state index in [0.717, 1.165) is 0 Å². The fourth-order valence-electron chi connectivity index (χ4n) is 0.855. The second kappa shape index (κ2) is 3.73. The molecular weight excluding hydrogens is 261 g/mol. The Balaban J connectivity index is 3.04. The molecule has 1 rings (SSSR count). The van der Waals surface area contributed by atoms with Gasteiger partial charge in [0.05, 0.1) is 5.75 Å². The molecule has 0 atom stereocenters. The van der Waals surface area contributed by atoms with Gasteiger partial charge in [-0.15, -0.1) is 0 Å². The summed E-state index contributed by atoms with van der Waals surface area (Å²) in [5.74, 6) is -1.06. The van der Waals surface area contributed by atoms with Gasteiger partial charge in [-0.1, -0.05) is 22.0 Å². The summed E-state index contributed by atoms with van der Waals surface area (Å²) >= 11 is 3.06. The van der Waals surface area contributed by atoms with Crippen molar-refractivity contribution in [3.8, 4) is 0 Å². The Bertz CT molecular complexity index is 419. The van der Waals surface area contributed by atoms with Crippen molar-refractivity contribution in [1.82, 2.24) is 0 Å². The first-order chi connectivity index (χ1) is 5.88. The standard InChI is InChI=1S/C7H7BrFNO2S/c8-6-2-1-5(7(9)3-6)4-13(10,11)12/h1-3H,4H2,(H2,10,11,12). The third-order valence-electron chi connectivity index (χ3n) is 1.37. The van der Waals surface area contributed by atoms with Crippen LogP contribution in [-0.4, -0.2) is 8.42 Å². The van der Waals surface area contributed by atoms with Gasteiger partial charge >= 0.3 is 0 Å². The number of rotatable bonds is 2. The Morgan fingerprint density at radius 3 is 2.54 bits per heavy atom. The van der Waals surface area contributed by atoms with E-state index in [9.17, 15) is 12.8 Å². The minimum Gasteiger partial charge on any atom is -0.228 e. The third-order valence-corrected chi connectivity index (χ3v) is 2.58. The second-order valence-corrected chi connectivity index (χ2v) is 5.07. The predicted octanol–water partition coefficient (Wildman–Crippen LogP) is 1.38. The lowest BCUT2D eigenvalue weighted by Gasteiger charge is -2.01. The Kier molecular flexibility index (Phi) is 3.05. The highest BCUT2D eigenvalue weighted by molar-refractivity contribution is 9.10. The van der Waals surface area contributed by atoms with Crippen LogP contribution in [-0.2, 0) is 15.8 Å². The SMILES string of the molecule is NS(=O)(=O)Cc1ccc(Br)cc1F. The first-order valence-corrected chi connectivity index (χ1v) is 5.84. The van der Waals surface area contributed by atoms with Gasteiger partial charge in [-0.2, -0.15) is 0 Å². The van der Waals surface area contributed by atoms with Gasteiger partial charge in [0.15, 0.2) is 0 Å². The van der Waals surface area contributed by atoms with E-state index in [1.54, 1.807) is 6.07 Å². The fourth-order valence-corrected chi connectivity index (χ4v) is 1.86. The monoisotopic (exact) mass is 267 g/mol. The van der Waals surface area contributed by atoms with Crippen molar-refractivity contribution >= 4 is 26.0 Å². The summed E-state index contributed by atoms with van der Waals surface area (Å²) in [6, 6.07) is 4.13. The number of nitrogens with two attached hydrogens (primary N) is 1. The Morgan fingerprint density at radius 1 is 1.46 bits per heavy atom. The van der Waals surface area contributed by atoms with Crippen LogP contribution in [0.3, 0.4) is 0 Å². The average Bonchev–Trinajstić information content (AvgIpc) is 1.93. The molecule has 0 spiro atoms. The Hall–Kier alpha value is -0.460. The van der Waals surface area contributed by atoms with Gasteiger partial charge < -0.3 is 0 Å². The molecule has 0 bridgehead atoms. The van der Waals surface area contributed by atoms with E-state index in [-0.39, 0.29) is 5.56 Å². The lowest BCUT2D eigenvalue weighted by Crippen LogP contribution is -2.15. The van der Waals surface area contributed by atoms with Crippen molar-refractivity contribution in [3.05, 3.63) is 34.1 Å². The molecule has 1 aromatic rings. The van der Waals surface area contributed by atoms with Crippen molar-refractivity contribution in [1.29, 1.82) is 0 Å². The summed E-state index contributed by atoms with van der Waals surface area (Å²) < 4.78 is 34.9. The predicted molar refractivity (Wildman–Crippen MR) is 50.9 cm³/mol. The molecule has 0 heterocycles. The van der Waals surface area contributed by atoms with Crippen LogP contribution in [0.15, 0.2) is 22.7 Å². The molecule has 2 N–H and O–H groups in total. The molecular formula is C7H7BrFNO2S. The number of primary sulfonamides is 1. The summed E-state index contributed by atoms with van der Waals surface area (Å²) in [4.78, 5) is 0. The fraction of sp³-hybridized carbons (Fsp3) is 0.143. The van der Waals surface area contributed by atoms with Gasteiger partial charge in [0.1, 0.15) is 5.82 Å². The van der Waals surface area contributed by atoms with Gasteiger partial charge in [0, 0.05) is 10.0 Å². The van der Waals surface area contributed by atoms with Crippen molar-refractivity contribution < 1.29 is 12.8 Å². The molecule has 0 aliphatic carbocycles. The van der Waals surface area contributed by atoms with E-state index in [4.69, 9.17) is 5.14 Å². The van der Waals surface area contributed by atoms with E-state index in [1.165, 1.54) is 12.1 Å². The third kappa shape index (κ3) is 3.41. The summed E-state index contributed by atoms with van der Waals surface area (Å²) in [6.07, 6.45) is 0. The molecule has 0 saturated carbocycles. The molecule has 1 aromatic carbocycles. The maximum atomic E-state index is 13.0. The maximum absolute atomic E-state index is 13.0. The Morgan fingerprint density at radius 2 is 2.08 bits per heavy atom. The zero-order valence-electron chi connectivity index (χ0n) is 6.50. The number of benzene rings is 1. The normalized spacial score (nSPS) is 11.6. The van der Waals surface area contributed by atoms with Gasteiger partial charge in [-0.3, -0.25) is 0 Å². The quantitative estimate of drug-likeness (QED) is 0.880. The minimum absolute atomic E-state index is 0.0747. The molecule has 13 heavy (non-hydrogen) atoms. The summed E-state index contributed by atoms with van der Waals surface area (Å²) in [5.41, 5.74) is 0.0747. The van der Waals surface area contributed by atoms with Gasteiger partial charge in [0.25, 0.3) is 0 Å². The van der Waals surface area contributed by atoms with E-state index in [2.05, 4.69) is 15.9 Å². The van der Waals surface area contributed by atoms with Gasteiger partial charge in [-0.25, -0.2) is 17.9 Å². The zero-order valence-corrected chi connectivity index (χ0v) is 8.90. The minimum atomic E-state index is -3.67. The van der Waals surface area contributed by atoms with Crippen molar-refractivity contribution in [2.45, 2.75) is 5.75 Å². The molecule has 0 aliphatic heterocycles. The van der Waals surface area contributed by atoms with E-state index >= 15 is 0 Å². The molecule has 0 fully saturated rings. The van der Waals surface area contributed by atoms with Crippen LogP contribution in [0.2, 0.25) is 0 Å². The van der Waals surface area contributed by atoms with Crippen LogP contribution >= 0.6 is 15.9 Å². The van der Waals surface area contributed by atoms with E-state index < -0.39 is 21.6 Å². The highest BCUT2D eigenvalue weighted by Gasteiger charge is 2.09. The lowest BCUT2D eigenvalue weighted by molar-refractivity contribution is 0.588. The molecule has 72 valence electrons. The van der Waals surface area contributed by atoms with Gasteiger partial charge in [0.2, 0.25) is 10.0 Å². The van der Waals surface area contributed by atoms with Crippen molar-refractivity contribution in [2.75, 3.05) is 0 Å². The Labute approximate surface area is 83.9 Å². The van der Waals surface area contributed by atoms with E-state index in [0.29, 0.717) is 4.47 Å². The molecule has 0 amide bonds. The summed E-state index contributed by atoms with van der Waals surface area (Å²) in [5, 5.41) is 4.77. The number of hydrogen-bond acceptors (Lipinski definition) is 2. The van der Waals surface area contributed by atoms with Crippen LogP contribution in [0.4, 0.5) is 4.39 Å². The molecule has 3 nitrogen and oxygen atoms in total. The van der Waals surface area contributed by atoms with Crippen LogP contribution in [0.5, 0.6) is 0 Å². The van der Waals surface area contributed by atoms with Crippen molar-refractivity contribution in [2.24, 2.45) is 5.14 Å². The highest BCUT2D eigenvalue weighted by atomic mass is 79.9. The average molecular weight is 268 g/mol. The van der Waals surface area contributed by atoms with E-state index in [1.807, 2.05) is 0 Å². The van der Waals surface area contributed by atoms with Crippen LogP contribution < -0.4 is 5.14 Å². The highest BCUT2D eigenvalue weighted by Crippen LogP contribution is 2.16.